The Kier molecular flexibility index (Phi) is 2.90. The van der Waals surface area contributed by atoms with Crippen molar-refractivity contribution in [1.82, 2.24) is 10.3 Å². The Morgan fingerprint density at radius 3 is 2.93 bits per heavy atom. The van der Waals surface area contributed by atoms with Crippen molar-refractivity contribution >= 4 is 22.4 Å². The Morgan fingerprint density at radius 1 is 1.67 bits per heavy atom. The average molecular weight is 225 g/mol. The summed E-state index contributed by atoms with van der Waals surface area (Å²) < 4.78 is 0. The molecule has 1 aromatic heterocycles. The van der Waals surface area contributed by atoms with E-state index in [1.807, 2.05) is 6.92 Å². The van der Waals surface area contributed by atoms with Gasteiger partial charge in [0.25, 0.3) is 5.91 Å². The zero-order valence-electron chi connectivity index (χ0n) is 8.75. The Labute approximate surface area is 92.9 Å². The molecule has 82 valence electrons. The van der Waals surface area contributed by atoms with Crippen LogP contribution in [0.2, 0.25) is 0 Å². The molecule has 3 N–H and O–H groups in total. The number of nitrogens with one attached hydrogen (secondary N) is 1. The maximum absolute atomic E-state index is 11.7. The summed E-state index contributed by atoms with van der Waals surface area (Å²) in [5, 5.41) is 3.36. The highest BCUT2D eigenvalue weighted by Crippen LogP contribution is 2.31. The van der Waals surface area contributed by atoms with Gasteiger partial charge in [0.15, 0.2) is 5.13 Å². The standard InChI is InChI=1S/C10H15N3OS/c1-6-8(15-10(11)13-6)9(14)12-5-4-7-2-3-7/h7H,2-5H2,1H3,(H2,11,13)(H,12,14). The molecule has 1 amide bonds. The second kappa shape index (κ2) is 4.18. The first-order chi connectivity index (χ1) is 7.16. The number of carbonyl (C=O) groups is 1. The second-order valence-electron chi connectivity index (χ2n) is 3.95. The van der Waals surface area contributed by atoms with Crippen LogP contribution in [0.25, 0.3) is 0 Å². The van der Waals surface area contributed by atoms with E-state index in [0.29, 0.717) is 10.0 Å². The minimum Gasteiger partial charge on any atom is -0.375 e. The maximum atomic E-state index is 11.7. The quantitative estimate of drug-likeness (QED) is 0.817. The van der Waals surface area contributed by atoms with Crippen LogP contribution in [0.1, 0.15) is 34.6 Å². The Hall–Kier alpha value is -1.10. The summed E-state index contributed by atoms with van der Waals surface area (Å²) in [5.41, 5.74) is 6.26. The van der Waals surface area contributed by atoms with Crippen LogP contribution in [0.4, 0.5) is 5.13 Å². The smallest absolute Gasteiger partial charge is 0.263 e. The van der Waals surface area contributed by atoms with Crippen LogP contribution in [-0.2, 0) is 0 Å². The molecular weight excluding hydrogens is 210 g/mol. The molecule has 15 heavy (non-hydrogen) atoms. The molecule has 1 fully saturated rings. The number of amides is 1. The second-order valence-corrected chi connectivity index (χ2v) is 4.99. The molecule has 0 unspecified atom stereocenters. The van der Waals surface area contributed by atoms with Crippen molar-refractivity contribution < 1.29 is 4.79 Å². The normalized spacial score (nSPS) is 15.3. The number of hydrogen-bond acceptors (Lipinski definition) is 4. The molecule has 0 atom stereocenters. The number of rotatable bonds is 4. The minimum absolute atomic E-state index is 0.0395. The van der Waals surface area contributed by atoms with Gasteiger partial charge in [0, 0.05) is 6.54 Å². The summed E-state index contributed by atoms with van der Waals surface area (Å²) in [4.78, 5) is 16.3. The molecule has 0 aliphatic heterocycles. The van der Waals surface area contributed by atoms with Gasteiger partial charge in [-0.05, 0) is 19.3 Å². The number of nitrogen functional groups attached to an aromatic ring is 1. The Balaban J connectivity index is 1.86. The summed E-state index contributed by atoms with van der Waals surface area (Å²) >= 11 is 1.25. The van der Waals surface area contributed by atoms with E-state index in [-0.39, 0.29) is 5.91 Å². The van der Waals surface area contributed by atoms with Gasteiger partial charge in [-0.15, -0.1) is 0 Å². The van der Waals surface area contributed by atoms with Gasteiger partial charge >= 0.3 is 0 Å². The van der Waals surface area contributed by atoms with Crippen LogP contribution in [0, 0.1) is 12.8 Å². The van der Waals surface area contributed by atoms with Crippen molar-refractivity contribution in [2.45, 2.75) is 26.2 Å². The lowest BCUT2D eigenvalue weighted by atomic mass is 10.3. The molecule has 0 aromatic carbocycles. The fourth-order valence-corrected chi connectivity index (χ4v) is 2.25. The zero-order chi connectivity index (χ0) is 10.8. The van der Waals surface area contributed by atoms with E-state index in [9.17, 15) is 4.79 Å². The number of hydrogen-bond donors (Lipinski definition) is 2. The lowest BCUT2D eigenvalue weighted by molar-refractivity contribution is 0.0956. The van der Waals surface area contributed by atoms with Crippen molar-refractivity contribution in [1.29, 1.82) is 0 Å². The number of carbonyl (C=O) groups excluding carboxylic acids is 1. The first kappa shape index (κ1) is 10.4. The number of anilines is 1. The van der Waals surface area contributed by atoms with Crippen molar-refractivity contribution in [2.24, 2.45) is 5.92 Å². The first-order valence-electron chi connectivity index (χ1n) is 5.18. The summed E-state index contributed by atoms with van der Waals surface area (Å²) in [6.45, 7) is 2.57. The van der Waals surface area contributed by atoms with Gasteiger partial charge in [-0.1, -0.05) is 24.2 Å². The number of aromatic nitrogens is 1. The fourth-order valence-electron chi connectivity index (χ4n) is 1.50. The van der Waals surface area contributed by atoms with Crippen molar-refractivity contribution in [3.63, 3.8) is 0 Å². The highest BCUT2D eigenvalue weighted by molar-refractivity contribution is 7.17. The third kappa shape index (κ3) is 2.68. The Morgan fingerprint density at radius 2 is 2.40 bits per heavy atom. The van der Waals surface area contributed by atoms with Crippen LogP contribution >= 0.6 is 11.3 Å². The zero-order valence-corrected chi connectivity index (χ0v) is 9.56. The largest absolute Gasteiger partial charge is 0.375 e. The number of nitrogens with zero attached hydrogens (tertiary/aromatic N) is 1. The highest BCUT2D eigenvalue weighted by atomic mass is 32.1. The van der Waals surface area contributed by atoms with Crippen molar-refractivity contribution in [3.05, 3.63) is 10.6 Å². The van der Waals surface area contributed by atoms with E-state index in [1.165, 1.54) is 24.2 Å². The monoisotopic (exact) mass is 225 g/mol. The lowest BCUT2D eigenvalue weighted by Crippen LogP contribution is -2.24. The molecule has 0 radical (unpaired) electrons. The maximum Gasteiger partial charge on any atom is 0.263 e. The van der Waals surface area contributed by atoms with Crippen LogP contribution in [0.5, 0.6) is 0 Å². The van der Waals surface area contributed by atoms with Crippen molar-refractivity contribution in [2.75, 3.05) is 12.3 Å². The molecule has 0 bridgehead atoms. The molecule has 1 saturated carbocycles. The van der Waals surface area contributed by atoms with Gasteiger partial charge < -0.3 is 11.1 Å². The van der Waals surface area contributed by atoms with E-state index in [1.54, 1.807) is 0 Å². The van der Waals surface area contributed by atoms with E-state index in [4.69, 9.17) is 5.73 Å². The SMILES string of the molecule is Cc1nc(N)sc1C(=O)NCCC1CC1. The van der Waals surface area contributed by atoms with E-state index in [0.717, 1.165) is 24.6 Å². The molecule has 1 aromatic rings. The Bertz CT molecular complexity index is 371. The molecule has 4 nitrogen and oxygen atoms in total. The average Bonchev–Trinajstić information content (AvgIpc) is 2.92. The van der Waals surface area contributed by atoms with Gasteiger partial charge in [-0.25, -0.2) is 4.98 Å². The highest BCUT2D eigenvalue weighted by Gasteiger charge is 2.21. The van der Waals surface area contributed by atoms with Gasteiger partial charge in [-0.2, -0.15) is 0 Å². The van der Waals surface area contributed by atoms with E-state index < -0.39 is 0 Å². The minimum atomic E-state index is -0.0395. The molecule has 1 heterocycles. The lowest BCUT2D eigenvalue weighted by Gasteiger charge is -2.02. The first-order valence-corrected chi connectivity index (χ1v) is 5.99. The fraction of sp³-hybridized carbons (Fsp3) is 0.600. The summed E-state index contributed by atoms with van der Waals surface area (Å²) in [6, 6.07) is 0. The molecule has 2 rings (SSSR count). The molecular formula is C10H15N3OS. The third-order valence-corrected chi connectivity index (χ3v) is 3.54. The number of thiazole rings is 1. The van der Waals surface area contributed by atoms with Gasteiger partial charge in [-0.3, -0.25) is 4.79 Å². The predicted molar refractivity (Wildman–Crippen MR) is 60.9 cm³/mol. The summed E-state index contributed by atoms with van der Waals surface area (Å²) in [6.07, 6.45) is 3.74. The van der Waals surface area contributed by atoms with Crippen LogP contribution in [0.3, 0.4) is 0 Å². The molecule has 5 heteroatoms. The molecule has 0 spiro atoms. The number of nitrogens with two attached hydrogens (primary N) is 1. The molecule has 1 aliphatic carbocycles. The third-order valence-electron chi connectivity index (χ3n) is 2.55. The van der Waals surface area contributed by atoms with Crippen molar-refractivity contribution in [3.8, 4) is 0 Å². The van der Waals surface area contributed by atoms with Crippen LogP contribution in [-0.4, -0.2) is 17.4 Å². The summed E-state index contributed by atoms with van der Waals surface area (Å²) in [5.74, 6) is 0.806. The summed E-state index contributed by atoms with van der Waals surface area (Å²) in [7, 11) is 0. The van der Waals surface area contributed by atoms with Gasteiger partial charge in [0.05, 0.1) is 5.69 Å². The molecule has 0 saturated heterocycles. The topological polar surface area (TPSA) is 68.0 Å². The predicted octanol–water partition coefficient (Wildman–Crippen LogP) is 1.56. The van der Waals surface area contributed by atoms with Crippen LogP contribution < -0.4 is 11.1 Å². The molecule has 1 aliphatic rings. The van der Waals surface area contributed by atoms with E-state index in [2.05, 4.69) is 10.3 Å². The van der Waals surface area contributed by atoms with E-state index >= 15 is 0 Å². The van der Waals surface area contributed by atoms with Crippen LogP contribution in [0.15, 0.2) is 0 Å². The van der Waals surface area contributed by atoms with Gasteiger partial charge in [0.1, 0.15) is 4.88 Å². The van der Waals surface area contributed by atoms with Gasteiger partial charge in [0.2, 0.25) is 0 Å². The number of aryl methyl sites for hydroxylation is 1.